The van der Waals surface area contributed by atoms with Crippen molar-refractivity contribution in [1.29, 1.82) is 0 Å². The van der Waals surface area contributed by atoms with E-state index in [9.17, 15) is 0 Å². The predicted octanol–water partition coefficient (Wildman–Crippen LogP) is 4.21. The third kappa shape index (κ3) is 3.27. The molecule has 0 bridgehead atoms. The van der Waals surface area contributed by atoms with Crippen LogP contribution in [0, 0.1) is 0 Å². The molecule has 0 aromatic heterocycles. The first-order chi connectivity index (χ1) is 9.42. The molecule has 19 heavy (non-hydrogen) atoms. The van der Waals surface area contributed by atoms with Crippen LogP contribution in [0.5, 0.6) is 0 Å². The average molecular weight is 255 g/mol. The summed E-state index contributed by atoms with van der Waals surface area (Å²) in [4.78, 5) is 0. The normalized spacial score (nSPS) is 16.0. The van der Waals surface area contributed by atoms with Gasteiger partial charge in [-0.15, -0.1) is 0 Å². The Balaban J connectivity index is 1.50. The van der Waals surface area contributed by atoms with E-state index in [1.54, 1.807) is 0 Å². The van der Waals surface area contributed by atoms with Crippen LogP contribution in [0.3, 0.4) is 0 Å². The van der Waals surface area contributed by atoms with Crippen LogP contribution < -0.4 is 5.32 Å². The van der Waals surface area contributed by atoms with Gasteiger partial charge < -0.3 is 10.1 Å². The molecular weight excluding hydrogens is 234 g/mol. The smallest absolute Gasteiger partial charge is 0.0642 e. The molecule has 100 valence electrons. The number of ether oxygens (including phenoxy) is 1. The molecule has 1 aliphatic carbocycles. The minimum absolute atomic E-state index is 0.512. The lowest BCUT2D eigenvalue weighted by molar-refractivity contribution is 0.0659. The van der Waals surface area contributed by atoms with Crippen LogP contribution in [-0.2, 0) is 4.74 Å². The van der Waals surface area contributed by atoms with Crippen molar-refractivity contribution in [2.75, 3.05) is 18.5 Å². The van der Waals surface area contributed by atoms with Crippen LogP contribution >= 0.6 is 0 Å². The zero-order valence-electron chi connectivity index (χ0n) is 11.3. The maximum Gasteiger partial charge on any atom is 0.0642 e. The van der Waals surface area contributed by atoms with E-state index >= 15 is 0 Å². The maximum atomic E-state index is 5.85. The highest BCUT2D eigenvalue weighted by molar-refractivity contribution is 5.85. The van der Waals surface area contributed by atoms with Gasteiger partial charge in [-0.05, 0) is 35.7 Å². The van der Waals surface area contributed by atoms with Crippen molar-refractivity contribution in [1.82, 2.24) is 0 Å². The molecule has 1 saturated carbocycles. The van der Waals surface area contributed by atoms with Gasteiger partial charge in [-0.1, -0.05) is 43.2 Å². The summed E-state index contributed by atoms with van der Waals surface area (Å²) >= 11 is 0. The van der Waals surface area contributed by atoms with Crippen LogP contribution in [0.15, 0.2) is 42.5 Å². The summed E-state index contributed by atoms with van der Waals surface area (Å²) in [6.07, 6.45) is 5.68. The zero-order valence-corrected chi connectivity index (χ0v) is 11.3. The van der Waals surface area contributed by atoms with Gasteiger partial charge in [-0.2, -0.15) is 0 Å². The van der Waals surface area contributed by atoms with E-state index in [4.69, 9.17) is 4.74 Å². The number of anilines is 1. The van der Waals surface area contributed by atoms with E-state index in [2.05, 4.69) is 47.8 Å². The first kappa shape index (κ1) is 12.5. The number of rotatable bonds is 5. The fraction of sp³-hybridized carbons (Fsp3) is 0.412. The zero-order chi connectivity index (χ0) is 12.9. The standard InChI is InChI=1S/C17H21NO/c1-2-6-15-13-16(10-9-14(15)5-1)18-11-12-19-17-7-3-4-8-17/h1-2,5-6,9-10,13,17-18H,3-4,7-8,11-12H2. The molecule has 1 fully saturated rings. The van der Waals surface area contributed by atoms with Gasteiger partial charge in [0.25, 0.3) is 0 Å². The Kier molecular flexibility index (Phi) is 3.99. The van der Waals surface area contributed by atoms with Gasteiger partial charge in [-0.3, -0.25) is 0 Å². The lowest BCUT2D eigenvalue weighted by Gasteiger charge is -2.12. The first-order valence-corrected chi connectivity index (χ1v) is 7.26. The van der Waals surface area contributed by atoms with Crippen molar-refractivity contribution >= 4 is 16.5 Å². The average Bonchev–Trinajstić information content (AvgIpc) is 2.97. The summed E-state index contributed by atoms with van der Waals surface area (Å²) in [7, 11) is 0. The highest BCUT2D eigenvalue weighted by Crippen LogP contribution is 2.21. The minimum Gasteiger partial charge on any atom is -0.383 e. The molecule has 3 rings (SSSR count). The topological polar surface area (TPSA) is 21.3 Å². The Labute approximate surface area is 114 Å². The predicted molar refractivity (Wildman–Crippen MR) is 80.6 cm³/mol. The van der Waals surface area contributed by atoms with E-state index in [0.29, 0.717) is 6.10 Å². The number of hydrogen-bond acceptors (Lipinski definition) is 2. The van der Waals surface area contributed by atoms with E-state index in [0.717, 1.165) is 13.2 Å². The molecule has 0 saturated heterocycles. The summed E-state index contributed by atoms with van der Waals surface area (Å²) < 4.78 is 5.85. The van der Waals surface area contributed by atoms with Gasteiger partial charge >= 0.3 is 0 Å². The molecule has 0 radical (unpaired) electrons. The molecule has 2 aromatic rings. The van der Waals surface area contributed by atoms with Crippen molar-refractivity contribution in [2.24, 2.45) is 0 Å². The second-order valence-electron chi connectivity index (χ2n) is 5.27. The largest absolute Gasteiger partial charge is 0.383 e. The Morgan fingerprint density at radius 1 is 1.00 bits per heavy atom. The highest BCUT2D eigenvalue weighted by atomic mass is 16.5. The van der Waals surface area contributed by atoms with E-state index in [1.165, 1.54) is 42.1 Å². The van der Waals surface area contributed by atoms with Gasteiger partial charge in [0.05, 0.1) is 12.7 Å². The Hall–Kier alpha value is -1.54. The van der Waals surface area contributed by atoms with Gasteiger partial charge in [0.15, 0.2) is 0 Å². The van der Waals surface area contributed by atoms with Crippen LogP contribution in [0.1, 0.15) is 25.7 Å². The number of hydrogen-bond donors (Lipinski definition) is 1. The van der Waals surface area contributed by atoms with Crippen molar-refractivity contribution in [3.05, 3.63) is 42.5 Å². The molecule has 1 aliphatic rings. The molecule has 0 heterocycles. The van der Waals surface area contributed by atoms with E-state index in [-0.39, 0.29) is 0 Å². The summed E-state index contributed by atoms with van der Waals surface area (Å²) in [6, 6.07) is 14.9. The van der Waals surface area contributed by atoms with Crippen LogP contribution in [0.25, 0.3) is 10.8 Å². The highest BCUT2D eigenvalue weighted by Gasteiger charge is 2.14. The molecular formula is C17H21NO. The fourth-order valence-electron chi connectivity index (χ4n) is 2.78. The molecule has 0 aliphatic heterocycles. The summed E-state index contributed by atoms with van der Waals surface area (Å²) in [6.45, 7) is 1.69. The molecule has 0 unspecified atom stereocenters. The molecule has 0 amide bonds. The summed E-state index contributed by atoms with van der Waals surface area (Å²) in [5.74, 6) is 0. The molecule has 2 aromatic carbocycles. The van der Waals surface area contributed by atoms with Gasteiger partial charge in [0, 0.05) is 12.2 Å². The SMILES string of the molecule is c1ccc2cc(NCCOC3CCCC3)ccc2c1. The third-order valence-corrected chi connectivity index (χ3v) is 3.84. The first-order valence-electron chi connectivity index (χ1n) is 7.26. The van der Waals surface area contributed by atoms with Crippen molar-refractivity contribution in [2.45, 2.75) is 31.8 Å². The second-order valence-corrected chi connectivity index (χ2v) is 5.27. The summed E-state index contributed by atoms with van der Waals surface area (Å²) in [5.41, 5.74) is 1.17. The molecule has 2 nitrogen and oxygen atoms in total. The van der Waals surface area contributed by atoms with Crippen molar-refractivity contribution in [3.8, 4) is 0 Å². The Bertz CT molecular complexity index is 532. The van der Waals surface area contributed by atoms with Gasteiger partial charge in [0.2, 0.25) is 0 Å². The minimum atomic E-state index is 0.512. The van der Waals surface area contributed by atoms with Crippen molar-refractivity contribution in [3.63, 3.8) is 0 Å². The van der Waals surface area contributed by atoms with Crippen LogP contribution in [0.4, 0.5) is 5.69 Å². The monoisotopic (exact) mass is 255 g/mol. The molecule has 0 spiro atoms. The molecule has 0 atom stereocenters. The van der Waals surface area contributed by atoms with E-state index in [1.807, 2.05) is 0 Å². The fourth-order valence-corrected chi connectivity index (χ4v) is 2.78. The lowest BCUT2D eigenvalue weighted by atomic mass is 10.1. The van der Waals surface area contributed by atoms with Crippen LogP contribution in [0.2, 0.25) is 0 Å². The quantitative estimate of drug-likeness (QED) is 0.808. The van der Waals surface area contributed by atoms with Gasteiger partial charge in [-0.25, -0.2) is 0 Å². The van der Waals surface area contributed by atoms with Crippen LogP contribution in [-0.4, -0.2) is 19.3 Å². The van der Waals surface area contributed by atoms with Crippen molar-refractivity contribution < 1.29 is 4.74 Å². The summed E-state index contributed by atoms with van der Waals surface area (Å²) in [5, 5.41) is 6.00. The number of fused-ring (bicyclic) bond motifs is 1. The Morgan fingerprint density at radius 3 is 2.63 bits per heavy atom. The molecule has 2 heteroatoms. The maximum absolute atomic E-state index is 5.85. The number of benzene rings is 2. The number of nitrogens with one attached hydrogen (secondary N) is 1. The molecule has 1 N–H and O–H groups in total. The van der Waals surface area contributed by atoms with E-state index < -0.39 is 0 Å². The van der Waals surface area contributed by atoms with Gasteiger partial charge in [0.1, 0.15) is 0 Å². The lowest BCUT2D eigenvalue weighted by Crippen LogP contribution is -2.15. The third-order valence-electron chi connectivity index (χ3n) is 3.84. The Morgan fingerprint density at radius 2 is 1.79 bits per heavy atom. The second kappa shape index (κ2) is 6.07.